The Morgan fingerprint density at radius 2 is 2.08 bits per heavy atom. The first-order valence-corrected chi connectivity index (χ1v) is 8.76. The van der Waals surface area contributed by atoms with Gasteiger partial charge in [-0.25, -0.2) is 4.98 Å². The van der Waals surface area contributed by atoms with E-state index in [0.29, 0.717) is 12.7 Å². The second-order valence-electron chi connectivity index (χ2n) is 5.20. The maximum absolute atomic E-state index is 13.5. The second kappa shape index (κ2) is 8.72. The zero-order valence-electron chi connectivity index (χ0n) is 14.0. The summed E-state index contributed by atoms with van der Waals surface area (Å²) >= 11 is 1.34. The standard InChI is InChI=1S/C17H17F2N3O3S/c1-17(18,19)16-20-10-12(14(24)21-13(23)8-9-26-2)15(22-16)25-11-6-4-3-5-7-11/h3-10,13,23H,1-2H3,(H,21,24)/b9-8+. The number of alkyl halides is 2. The molecule has 138 valence electrons. The molecule has 1 atom stereocenters. The molecule has 2 N–H and O–H groups in total. The van der Waals surface area contributed by atoms with Gasteiger partial charge in [-0.2, -0.15) is 13.8 Å². The number of thioether (sulfide) groups is 1. The van der Waals surface area contributed by atoms with E-state index in [1.165, 1.54) is 17.8 Å². The summed E-state index contributed by atoms with van der Waals surface area (Å²) in [5.41, 5.74) is -0.182. The van der Waals surface area contributed by atoms with Gasteiger partial charge in [-0.05, 0) is 29.9 Å². The molecule has 2 rings (SSSR count). The van der Waals surface area contributed by atoms with Crippen molar-refractivity contribution in [2.75, 3.05) is 6.26 Å². The molecule has 1 aromatic heterocycles. The number of amides is 1. The Morgan fingerprint density at radius 1 is 1.38 bits per heavy atom. The fraction of sp³-hybridized carbons (Fsp3) is 0.235. The van der Waals surface area contributed by atoms with Crippen LogP contribution < -0.4 is 10.1 Å². The third-order valence-electron chi connectivity index (χ3n) is 3.02. The number of hydrogen-bond donors (Lipinski definition) is 2. The molecule has 1 unspecified atom stereocenters. The summed E-state index contributed by atoms with van der Waals surface area (Å²) in [7, 11) is 0. The minimum Gasteiger partial charge on any atom is -0.438 e. The quantitative estimate of drug-likeness (QED) is 0.716. The molecule has 1 amide bonds. The van der Waals surface area contributed by atoms with Crippen molar-refractivity contribution < 1.29 is 23.4 Å². The van der Waals surface area contributed by atoms with Crippen molar-refractivity contribution in [3.8, 4) is 11.6 Å². The number of nitrogens with zero attached hydrogens (tertiary/aromatic N) is 2. The van der Waals surface area contributed by atoms with Gasteiger partial charge in [-0.3, -0.25) is 4.79 Å². The molecule has 0 radical (unpaired) electrons. The van der Waals surface area contributed by atoms with Gasteiger partial charge in [-0.15, -0.1) is 11.8 Å². The van der Waals surface area contributed by atoms with Gasteiger partial charge in [0.1, 0.15) is 17.5 Å². The van der Waals surface area contributed by atoms with Crippen LogP contribution in [0.25, 0.3) is 0 Å². The highest BCUT2D eigenvalue weighted by molar-refractivity contribution is 8.01. The Kier molecular flexibility index (Phi) is 6.64. The molecule has 1 heterocycles. The first-order valence-electron chi connectivity index (χ1n) is 7.48. The predicted molar refractivity (Wildman–Crippen MR) is 94.2 cm³/mol. The average molecular weight is 381 g/mol. The zero-order chi connectivity index (χ0) is 19.2. The largest absolute Gasteiger partial charge is 0.438 e. The van der Waals surface area contributed by atoms with Gasteiger partial charge < -0.3 is 15.2 Å². The highest BCUT2D eigenvalue weighted by atomic mass is 32.2. The van der Waals surface area contributed by atoms with E-state index < -0.39 is 23.9 Å². The van der Waals surface area contributed by atoms with Gasteiger partial charge in [0.15, 0.2) is 0 Å². The number of aromatic nitrogens is 2. The molecule has 0 bridgehead atoms. The number of hydrogen-bond acceptors (Lipinski definition) is 6. The molecular formula is C17H17F2N3O3S. The van der Waals surface area contributed by atoms with E-state index >= 15 is 0 Å². The molecule has 1 aromatic carbocycles. The molecule has 0 aliphatic carbocycles. The molecule has 26 heavy (non-hydrogen) atoms. The van der Waals surface area contributed by atoms with E-state index in [0.717, 1.165) is 6.20 Å². The summed E-state index contributed by atoms with van der Waals surface area (Å²) in [6.45, 7) is 0.644. The SMILES string of the molecule is CS/C=C/C(O)NC(=O)c1cnc(C(C)(F)F)nc1Oc1ccccc1. The van der Waals surface area contributed by atoms with Crippen molar-refractivity contribution in [1.29, 1.82) is 0 Å². The normalized spacial score (nSPS) is 12.8. The van der Waals surface area contributed by atoms with Crippen LogP contribution in [0.2, 0.25) is 0 Å². The molecule has 9 heteroatoms. The Labute approximate surface area is 153 Å². The summed E-state index contributed by atoms with van der Waals surface area (Å²) in [6.07, 6.45) is 2.83. The first-order chi connectivity index (χ1) is 12.3. The molecule has 6 nitrogen and oxygen atoms in total. The predicted octanol–water partition coefficient (Wildman–Crippen LogP) is 3.31. The number of rotatable bonds is 7. The van der Waals surface area contributed by atoms with Crippen molar-refractivity contribution >= 4 is 17.7 Å². The van der Waals surface area contributed by atoms with Crippen molar-refractivity contribution in [2.45, 2.75) is 19.1 Å². The lowest BCUT2D eigenvalue weighted by Crippen LogP contribution is -2.33. The number of carbonyl (C=O) groups excluding carboxylic acids is 1. The highest BCUT2D eigenvalue weighted by Crippen LogP contribution is 2.28. The van der Waals surface area contributed by atoms with Crippen molar-refractivity contribution in [3.05, 3.63) is 59.4 Å². The van der Waals surface area contributed by atoms with Crippen LogP contribution in [0.15, 0.2) is 48.0 Å². The summed E-state index contributed by atoms with van der Waals surface area (Å²) < 4.78 is 32.5. The minimum absolute atomic E-state index is 0.182. The van der Waals surface area contributed by atoms with Crippen LogP contribution >= 0.6 is 11.8 Å². The van der Waals surface area contributed by atoms with Gasteiger partial charge in [0.2, 0.25) is 11.7 Å². The third-order valence-corrected chi connectivity index (χ3v) is 3.45. The van der Waals surface area contributed by atoms with Crippen LogP contribution in [-0.2, 0) is 5.92 Å². The number of para-hydroxylation sites is 1. The van der Waals surface area contributed by atoms with E-state index in [4.69, 9.17) is 4.74 Å². The second-order valence-corrected chi connectivity index (χ2v) is 5.94. The molecule has 0 saturated heterocycles. The van der Waals surface area contributed by atoms with Gasteiger partial charge >= 0.3 is 5.92 Å². The topological polar surface area (TPSA) is 84.3 Å². The van der Waals surface area contributed by atoms with E-state index in [1.807, 2.05) is 0 Å². The minimum atomic E-state index is -3.30. The monoisotopic (exact) mass is 381 g/mol. The lowest BCUT2D eigenvalue weighted by Gasteiger charge is -2.15. The number of aliphatic hydroxyl groups excluding tert-OH is 1. The number of benzene rings is 1. The number of carbonyl (C=O) groups is 1. The van der Waals surface area contributed by atoms with Crippen LogP contribution in [0.1, 0.15) is 23.1 Å². The van der Waals surface area contributed by atoms with Gasteiger partial charge in [-0.1, -0.05) is 18.2 Å². The summed E-state index contributed by atoms with van der Waals surface area (Å²) in [6, 6.07) is 8.29. The van der Waals surface area contributed by atoms with E-state index in [-0.39, 0.29) is 11.4 Å². The number of nitrogens with one attached hydrogen (secondary N) is 1. The van der Waals surface area contributed by atoms with E-state index in [9.17, 15) is 18.7 Å². The maximum atomic E-state index is 13.5. The van der Waals surface area contributed by atoms with Crippen LogP contribution in [0.3, 0.4) is 0 Å². The Morgan fingerprint density at radius 3 is 2.69 bits per heavy atom. The number of aliphatic hydroxyl groups is 1. The fourth-order valence-electron chi connectivity index (χ4n) is 1.82. The van der Waals surface area contributed by atoms with Crippen molar-refractivity contribution in [3.63, 3.8) is 0 Å². The van der Waals surface area contributed by atoms with E-state index in [1.54, 1.807) is 42.0 Å². The van der Waals surface area contributed by atoms with Crippen LogP contribution in [-0.4, -0.2) is 33.5 Å². The summed E-state index contributed by atoms with van der Waals surface area (Å²) in [4.78, 5) is 19.5. The zero-order valence-corrected chi connectivity index (χ0v) is 14.8. The molecule has 0 aliphatic rings. The highest BCUT2D eigenvalue weighted by Gasteiger charge is 2.30. The average Bonchev–Trinajstić information content (AvgIpc) is 2.60. The molecule has 2 aromatic rings. The van der Waals surface area contributed by atoms with Crippen LogP contribution in [0, 0.1) is 0 Å². The summed E-state index contributed by atoms with van der Waals surface area (Å²) in [5, 5.41) is 13.6. The van der Waals surface area contributed by atoms with Crippen LogP contribution in [0.4, 0.5) is 8.78 Å². The molecule has 0 fully saturated rings. The molecular weight excluding hydrogens is 364 g/mol. The third kappa shape index (κ3) is 5.50. The smallest absolute Gasteiger partial charge is 0.303 e. The fourth-order valence-corrected chi connectivity index (χ4v) is 2.13. The Balaban J connectivity index is 2.34. The van der Waals surface area contributed by atoms with Gasteiger partial charge in [0.25, 0.3) is 5.91 Å². The molecule has 0 spiro atoms. The van der Waals surface area contributed by atoms with Crippen LogP contribution in [0.5, 0.6) is 11.6 Å². The Bertz CT molecular complexity index is 783. The maximum Gasteiger partial charge on any atom is 0.303 e. The molecule has 0 saturated carbocycles. The van der Waals surface area contributed by atoms with Gasteiger partial charge in [0.05, 0.1) is 0 Å². The first kappa shape index (κ1) is 19.8. The van der Waals surface area contributed by atoms with Gasteiger partial charge in [0, 0.05) is 13.1 Å². The molecule has 0 aliphatic heterocycles. The lowest BCUT2D eigenvalue weighted by molar-refractivity contribution is 0.00706. The van der Waals surface area contributed by atoms with Crippen molar-refractivity contribution in [2.24, 2.45) is 0 Å². The lowest BCUT2D eigenvalue weighted by atomic mass is 10.2. The van der Waals surface area contributed by atoms with Crippen molar-refractivity contribution in [1.82, 2.24) is 15.3 Å². The Hall–Kier alpha value is -2.52. The number of halogens is 2. The number of ether oxygens (including phenoxy) is 1. The van der Waals surface area contributed by atoms with E-state index in [2.05, 4.69) is 15.3 Å². The summed E-state index contributed by atoms with van der Waals surface area (Å²) in [5.74, 6) is -4.86.